The van der Waals surface area contributed by atoms with Crippen molar-refractivity contribution in [2.24, 2.45) is 17.3 Å². The number of cyclic esters (lactones) is 1. The summed E-state index contributed by atoms with van der Waals surface area (Å²) in [5.74, 6) is -3.77. The summed E-state index contributed by atoms with van der Waals surface area (Å²) in [6.07, 6.45) is 7.09. The zero-order chi connectivity index (χ0) is 37.4. The predicted molar refractivity (Wildman–Crippen MR) is 196 cm³/mol. The predicted octanol–water partition coefficient (Wildman–Crippen LogP) is 4.92. The van der Waals surface area contributed by atoms with Gasteiger partial charge in [-0.25, -0.2) is 0 Å². The average molecular weight is 712 g/mol. The highest BCUT2D eigenvalue weighted by atomic mass is 16.6. The van der Waals surface area contributed by atoms with Crippen LogP contribution in [-0.4, -0.2) is 87.1 Å². The van der Waals surface area contributed by atoms with E-state index in [0.29, 0.717) is 24.8 Å². The molecule has 3 amide bonds. The summed E-state index contributed by atoms with van der Waals surface area (Å²) in [5, 5.41) is 13.9. The molecule has 6 rings (SSSR count). The highest BCUT2D eigenvalue weighted by Gasteiger charge is 2.73. The number of hydrogen-bond donors (Lipinski definition) is 2. The summed E-state index contributed by atoms with van der Waals surface area (Å²) in [7, 11) is 0. The largest absolute Gasteiger partial charge is 0.455 e. The van der Waals surface area contributed by atoms with Crippen LogP contribution in [-0.2, 0) is 35.1 Å². The Labute approximate surface area is 307 Å². The van der Waals surface area contributed by atoms with Crippen molar-refractivity contribution in [2.45, 2.75) is 109 Å². The number of nitrogens with zero attached hydrogens (tertiary/aromatic N) is 2. The van der Waals surface area contributed by atoms with Crippen molar-refractivity contribution < 1.29 is 33.8 Å². The van der Waals surface area contributed by atoms with Crippen LogP contribution in [0.2, 0.25) is 0 Å². The van der Waals surface area contributed by atoms with Crippen molar-refractivity contribution in [3.8, 4) is 0 Å². The highest BCUT2D eigenvalue weighted by molar-refractivity contribution is 5.99. The van der Waals surface area contributed by atoms with Crippen LogP contribution in [0.15, 0.2) is 85.0 Å². The maximum atomic E-state index is 15.2. The highest BCUT2D eigenvalue weighted by Crippen LogP contribution is 2.54. The maximum absolute atomic E-state index is 15.2. The SMILES string of the molecule is C[C@H]1NC(=O)CC/C=C\[C@H]2O[C@]34C=CCN(C(C)(C)CC(C)(C)C)C(=O)[C@H]3N([C@@H](CO)Cc3ccccc3)C(=O)[C@@H]4[C@H]2C(=O)O[C@@H]1c1ccccc1. The first-order valence-corrected chi connectivity index (χ1v) is 18.5. The van der Waals surface area contributed by atoms with Crippen molar-refractivity contribution in [1.29, 1.82) is 0 Å². The Morgan fingerprint density at radius 1 is 0.942 bits per heavy atom. The first-order chi connectivity index (χ1) is 24.7. The molecule has 2 fully saturated rings. The molecule has 52 heavy (non-hydrogen) atoms. The molecule has 2 aromatic carbocycles. The molecule has 278 valence electrons. The van der Waals surface area contributed by atoms with Gasteiger partial charge in [-0.2, -0.15) is 0 Å². The lowest BCUT2D eigenvalue weighted by atomic mass is 9.77. The van der Waals surface area contributed by atoms with E-state index in [4.69, 9.17) is 9.47 Å². The molecule has 0 radical (unpaired) electrons. The molecule has 4 aliphatic rings. The lowest BCUT2D eigenvalue weighted by molar-refractivity contribution is -0.162. The second-order valence-electron chi connectivity index (χ2n) is 16.6. The molecule has 0 bridgehead atoms. The Hall–Kier alpha value is -4.28. The van der Waals surface area contributed by atoms with Gasteiger partial charge in [0.1, 0.15) is 23.7 Å². The number of allylic oxidation sites excluding steroid dienone is 1. The molecule has 2 saturated heterocycles. The van der Waals surface area contributed by atoms with Gasteiger partial charge in [0.25, 0.3) is 0 Å². The summed E-state index contributed by atoms with van der Waals surface area (Å²) in [6, 6.07) is 16.3. The fraction of sp³-hybridized carbons (Fsp3) is 0.524. The van der Waals surface area contributed by atoms with E-state index in [1.54, 1.807) is 19.1 Å². The van der Waals surface area contributed by atoms with Crippen molar-refractivity contribution in [2.75, 3.05) is 13.2 Å². The number of aliphatic hydroxyl groups is 1. The zero-order valence-corrected chi connectivity index (χ0v) is 31.2. The van der Waals surface area contributed by atoms with E-state index in [-0.39, 0.29) is 30.2 Å². The number of ether oxygens (including phenoxy) is 2. The van der Waals surface area contributed by atoms with Gasteiger partial charge in [-0.1, -0.05) is 106 Å². The number of carbonyl (C=O) groups is 4. The number of fused-ring (bicyclic) bond motifs is 2. The lowest BCUT2D eigenvalue weighted by Crippen LogP contribution is -2.62. The monoisotopic (exact) mass is 711 g/mol. The minimum Gasteiger partial charge on any atom is -0.455 e. The maximum Gasteiger partial charge on any atom is 0.313 e. The van der Waals surface area contributed by atoms with Gasteiger partial charge >= 0.3 is 5.97 Å². The number of carbonyl (C=O) groups excluding carboxylic acids is 4. The van der Waals surface area contributed by atoms with Crippen LogP contribution < -0.4 is 5.32 Å². The molecular weight excluding hydrogens is 658 g/mol. The van der Waals surface area contributed by atoms with Gasteiger partial charge in [-0.3, -0.25) is 19.2 Å². The quantitative estimate of drug-likeness (QED) is 0.309. The molecule has 1 spiro atoms. The van der Waals surface area contributed by atoms with Crippen molar-refractivity contribution in [1.82, 2.24) is 15.1 Å². The van der Waals surface area contributed by atoms with E-state index in [9.17, 15) is 14.7 Å². The molecule has 2 N–H and O–H groups in total. The van der Waals surface area contributed by atoms with Gasteiger partial charge < -0.3 is 29.7 Å². The molecule has 0 aliphatic carbocycles. The number of likely N-dealkylation sites (tertiary alicyclic amines) is 1. The van der Waals surface area contributed by atoms with Gasteiger partial charge in [-0.05, 0) is 56.6 Å². The van der Waals surface area contributed by atoms with Crippen LogP contribution in [0.4, 0.5) is 0 Å². The summed E-state index contributed by atoms with van der Waals surface area (Å²) < 4.78 is 13.3. The van der Waals surface area contributed by atoms with E-state index in [2.05, 4.69) is 26.1 Å². The Kier molecular flexibility index (Phi) is 10.5. The van der Waals surface area contributed by atoms with Crippen LogP contribution in [0.1, 0.15) is 78.0 Å². The lowest BCUT2D eigenvalue weighted by Gasteiger charge is -2.45. The first kappa shape index (κ1) is 37.5. The summed E-state index contributed by atoms with van der Waals surface area (Å²) >= 11 is 0. The van der Waals surface area contributed by atoms with E-state index >= 15 is 9.59 Å². The summed E-state index contributed by atoms with van der Waals surface area (Å²) in [6.45, 7) is 12.2. The molecule has 10 heteroatoms. The Balaban J connectivity index is 1.48. The number of amides is 3. The van der Waals surface area contributed by atoms with Crippen LogP contribution in [0.3, 0.4) is 0 Å². The number of esters is 1. The smallest absolute Gasteiger partial charge is 0.313 e. The Morgan fingerprint density at radius 2 is 1.62 bits per heavy atom. The van der Waals surface area contributed by atoms with Gasteiger partial charge in [-0.15, -0.1) is 0 Å². The van der Waals surface area contributed by atoms with Gasteiger partial charge in [0.2, 0.25) is 17.7 Å². The van der Waals surface area contributed by atoms with Gasteiger partial charge in [0.15, 0.2) is 0 Å². The summed E-state index contributed by atoms with van der Waals surface area (Å²) in [5.41, 5.74) is -0.631. The molecular formula is C42H53N3O7. The summed E-state index contributed by atoms with van der Waals surface area (Å²) in [4.78, 5) is 61.3. The first-order valence-electron chi connectivity index (χ1n) is 18.5. The van der Waals surface area contributed by atoms with E-state index in [1.165, 1.54) is 4.90 Å². The number of rotatable bonds is 7. The molecule has 0 aromatic heterocycles. The molecule has 2 aromatic rings. The third kappa shape index (κ3) is 7.20. The zero-order valence-electron chi connectivity index (χ0n) is 31.2. The van der Waals surface area contributed by atoms with Crippen LogP contribution in [0, 0.1) is 17.3 Å². The van der Waals surface area contributed by atoms with Gasteiger partial charge in [0.05, 0.1) is 30.7 Å². The van der Waals surface area contributed by atoms with Crippen LogP contribution in [0.25, 0.3) is 0 Å². The number of benzene rings is 2. The van der Waals surface area contributed by atoms with Gasteiger partial charge in [0, 0.05) is 18.5 Å². The molecule has 8 atom stereocenters. The number of hydrogen-bond acceptors (Lipinski definition) is 7. The third-order valence-electron chi connectivity index (χ3n) is 10.9. The van der Waals surface area contributed by atoms with Crippen LogP contribution >= 0.6 is 0 Å². The fourth-order valence-corrected chi connectivity index (χ4v) is 9.11. The second kappa shape index (κ2) is 14.6. The normalized spacial score (nSPS) is 31.0. The van der Waals surface area contributed by atoms with Crippen molar-refractivity contribution >= 4 is 23.7 Å². The molecule has 4 heterocycles. The van der Waals surface area contributed by atoms with E-state index in [0.717, 1.165) is 5.56 Å². The van der Waals surface area contributed by atoms with E-state index < -0.39 is 71.8 Å². The average Bonchev–Trinajstić information content (AvgIpc) is 3.47. The molecule has 0 unspecified atom stereocenters. The standard InChI is InChI=1S/C42H53N3O7/c1-27-35(29-18-11-8-12-19-29)51-39(50)33-31(20-13-14-21-32(47)43-27)52-42-22-15-23-44(41(5,6)26-40(2,3)4)38(49)36(42)45(37(48)34(33)42)30(25-46)24-28-16-9-7-10-17-28/h7-13,15-20,22,27,30-31,33-36,46H,14,21,23-26H2,1-6H3,(H,43,47)/b20-13-/t27-,30-,31-,33+,34+,35+,36-,42+/m1/s1. The third-order valence-corrected chi connectivity index (χ3v) is 10.9. The van der Waals surface area contributed by atoms with Crippen molar-refractivity contribution in [3.63, 3.8) is 0 Å². The Bertz CT molecular complexity index is 1700. The van der Waals surface area contributed by atoms with Crippen molar-refractivity contribution in [3.05, 3.63) is 96.1 Å². The minimum absolute atomic E-state index is 0.104. The van der Waals surface area contributed by atoms with Crippen LogP contribution in [0.5, 0.6) is 0 Å². The molecule has 4 aliphatic heterocycles. The number of nitrogens with one attached hydrogen (secondary N) is 1. The minimum atomic E-state index is -1.52. The molecule has 10 nitrogen and oxygen atoms in total. The Morgan fingerprint density at radius 3 is 2.27 bits per heavy atom. The fourth-order valence-electron chi connectivity index (χ4n) is 9.11. The second-order valence-corrected chi connectivity index (χ2v) is 16.6. The number of aliphatic hydroxyl groups excluding tert-OH is 1. The molecule has 0 saturated carbocycles. The van der Waals surface area contributed by atoms with E-state index in [1.807, 2.05) is 91.6 Å². The topological polar surface area (TPSA) is 125 Å².